The molecule has 0 atom stereocenters. The average molecular weight is 206 g/mol. The van der Waals surface area contributed by atoms with Crippen molar-refractivity contribution in [2.75, 3.05) is 0 Å². The molecule has 0 aliphatic heterocycles. The molecular formula is C13H22N2. The maximum absolute atomic E-state index is 4.55. The standard InChI is InChI=1S/C13H22N2/c1-6-13(5,7-2)12-9-14-11(8-15-12)10(3)4/h8-10H,6-7H2,1-5H3. The Kier molecular flexibility index (Phi) is 3.83. The van der Waals surface area contributed by atoms with Crippen LogP contribution in [0.15, 0.2) is 12.4 Å². The number of rotatable bonds is 4. The van der Waals surface area contributed by atoms with Crippen molar-refractivity contribution in [1.29, 1.82) is 0 Å². The molecule has 15 heavy (non-hydrogen) atoms. The lowest BCUT2D eigenvalue weighted by Gasteiger charge is -2.25. The van der Waals surface area contributed by atoms with Gasteiger partial charge in [-0.3, -0.25) is 9.97 Å². The van der Waals surface area contributed by atoms with Gasteiger partial charge >= 0.3 is 0 Å². The lowest BCUT2D eigenvalue weighted by molar-refractivity contribution is 0.423. The van der Waals surface area contributed by atoms with Crippen LogP contribution in [0.2, 0.25) is 0 Å². The van der Waals surface area contributed by atoms with Gasteiger partial charge in [-0.2, -0.15) is 0 Å². The van der Waals surface area contributed by atoms with Crippen LogP contribution in [-0.2, 0) is 5.41 Å². The van der Waals surface area contributed by atoms with Crippen molar-refractivity contribution in [3.05, 3.63) is 23.8 Å². The van der Waals surface area contributed by atoms with Gasteiger partial charge in [0.2, 0.25) is 0 Å². The van der Waals surface area contributed by atoms with Crippen LogP contribution < -0.4 is 0 Å². The van der Waals surface area contributed by atoms with Crippen molar-refractivity contribution in [2.45, 2.75) is 58.8 Å². The third-order valence-corrected chi connectivity index (χ3v) is 3.44. The van der Waals surface area contributed by atoms with E-state index in [1.807, 2.05) is 12.4 Å². The Morgan fingerprint density at radius 1 is 1.13 bits per heavy atom. The molecule has 2 nitrogen and oxygen atoms in total. The van der Waals surface area contributed by atoms with Gasteiger partial charge in [-0.05, 0) is 18.8 Å². The summed E-state index contributed by atoms with van der Waals surface area (Å²) in [7, 11) is 0. The molecule has 0 aliphatic rings. The van der Waals surface area contributed by atoms with Crippen LogP contribution in [0, 0.1) is 0 Å². The van der Waals surface area contributed by atoms with Crippen LogP contribution in [0.25, 0.3) is 0 Å². The molecular weight excluding hydrogens is 184 g/mol. The van der Waals surface area contributed by atoms with E-state index in [0.717, 1.165) is 24.2 Å². The van der Waals surface area contributed by atoms with E-state index in [-0.39, 0.29) is 5.41 Å². The van der Waals surface area contributed by atoms with Gasteiger partial charge in [0.05, 0.1) is 11.4 Å². The Morgan fingerprint density at radius 2 is 1.73 bits per heavy atom. The van der Waals surface area contributed by atoms with Gasteiger partial charge in [0.15, 0.2) is 0 Å². The first-order valence-corrected chi connectivity index (χ1v) is 5.86. The van der Waals surface area contributed by atoms with Gasteiger partial charge in [0, 0.05) is 17.8 Å². The summed E-state index contributed by atoms with van der Waals surface area (Å²) >= 11 is 0. The predicted molar refractivity (Wildman–Crippen MR) is 64.1 cm³/mol. The largest absolute Gasteiger partial charge is 0.257 e. The second-order valence-electron chi connectivity index (χ2n) is 4.75. The third-order valence-electron chi connectivity index (χ3n) is 3.44. The summed E-state index contributed by atoms with van der Waals surface area (Å²) in [6.45, 7) is 11.0. The van der Waals surface area contributed by atoms with E-state index < -0.39 is 0 Å². The van der Waals surface area contributed by atoms with Crippen molar-refractivity contribution in [3.63, 3.8) is 0 Å². The number of nitrogens with zero attached hydrogens (tertiary/aromatic N) is 2. The molecule has 0 unspecified atom stereocenters. The third kappa shape index (κ3) is 2.55. The van der Waals surface area contributed by atoms with Crippen LogP contribution in [0.1, 0.15) is 64.8 Å². The van der Waals surface area contributed by atoms with Crippen molar-refractivity contribution >= 4 is 0 Å². The smallest absolute Gasteiger partial charge is 0.0645 e. The zero-order valence-electron chi connectivity index (χ0n) is 10.5. The minimum Gasteiger partial charge on any atom is -0.257 e. The highest BCUT2D eigenvalue weighted by molar-refractivity contribution is 5.14. The Labute approximate surface area is 93.2 Å². The zero-order valence-corrected chi connectivity index (χ0v) is 10.5. The molecule has 0 spiro atoms. The van der Waals surface area contributed by atoms with E-state index in [1.54, 1.807) is 0 Å². The lowest BCUT2D eigenvalue weighted by atomic mass is 9.81. The monoisotopic (exact) mass is 206 g/mol. The lowest BCUT2D eigenvalue weighted by Crippen LogP contribution is -2.21. The minimum absolute atomic E-state index is 0.183. The van der Waals surface area contributed by atoms with Crippen LogP contribution >= 0.6 is 0 Å². The van der Waals surface area contributed by atoms with Crippen molar-refractivity contribution in [1.82, 2.24) is 9.97 Å². The topological polar surface area (TPSA) is 25.8 Å². The fourth-order valence-electron chi connectivity index (χ4n) is 1.56. The molecule has 0 bridgehead atoms. The van der Waals surface area contributed by atoms with Crippen LogP contribution in [-0.4, -0.2) is 9.97 Å². The molecule has 1 rings (SSSR count). The molecule has 0 fully saturated rings. The van der Waals surface area contributed by atoms with Crippen LogP contribution in [0.3, 0.4) is 0 Å². The first-order valence-electron chi connectivity index (χ1n) is 5.86. The number of aromatic nitrogens is 2. The average Bonchev–Trinajstić information content (AvgIpc) is 2.28. The molecule has 1 aromatic heterocycles. The molecule has 0 aliphatic carbocycles. The number of hydrogen-bond donors (Lipinski definition) is 0. The molecule has 0 radical (unpaired) electrons. The second kappa shape index (κ2) is 4.73. The highest BCUT2D eigenvalue weighted by Gasteiger charge is 2.24. The summed E-state index contributed by atoms with van der Waals surface area (Å²) in [5, 5.41) is 0. The summed E-state index contributed by atoms with van der Waals surface area (Å²) in [6, 6.07) is 0. The van der Waals surface area contributed by atoms with Crippen molar-refractivity contribution < 1.29 is 0 Å². The summed E-state index contributed by atoms with van der Waals surface area (Å²) in [5.74, 6) is 0.459. The first kappa shape index (κ1) is 12.2. The molecule has 0 saturated heterocycles. The maximum Gasteiger partial charge on any atom is 0.0645 e. The molecule has 0 N–H and O–H groups in total. The van der Waals surface area contributed by atoms with E-state index in [0.29, 0.717) is 5.92 Å². The van der Waals surface area contributed by atoms with Gasteiger partial charge < -0.3 is 0 Å². The molecule has 1 heterocycles. The van der Waals surface area contributed by atoms with Crippen molar-refractivity contribution in [3.8, 4) is 0 Å². The summed E-state index contributed by atoms with van der Waals surface area (Å²) in [4.78, 5) is 9.03. The van der Waals surface area contributed by atoms with Crippen molar-refractivity contribution in [2.24, 2.45) is 0 Å². The molecule has 0 aromatic carbocycles. The van der Waals surface area contributed by atoms with E-state index in [2.05, 4.69) is 44.6 Å². The Bertz CT molecular complexity index is 297. The normalized spacial score (nSPS) is 12.1. The SMILES string of the molecule is CCC(C)(CC)c1cnc(C(C)C)cn1. The predicted octanol–water partition coefficient (Wildman–Crippen LogP) is 3.68. The van der Waals surface area contributed by atoms with E-state index >= 15 is 0 Å². The maximum atomic E-state index is 4.55. The summed E-state index contributed by atoms with van der Waals surface area (Å²) in [5.41, 5.74) is 2.38. The molecule has 2 heteroatoms. The quantitative estimate of drug-likeness (QED) is 0.751. The first-order chi connectivity index (χ1) is 7.03. The van der Waals surface area contributed by atoms with E-state index in [9.17, 15) is 0 Å². The Balaban J connectivity index is 2.97. The molecule has 0 amide bonds. The zero-order chi connectivity index (χ0) is 11.5. The Hall–Kier alpha value is -0.920. The van der Waals surface area contributed by atoms with E-state index in [1.165, 1.54) is 0 Å². The molecule has 1 aromatic rings. The fraction of sp³-hybridized carbons (Fsp3) is 0.692. The molecule has 0 saturated carbocycles. The van der Waals surface area contributed by atoms with Gasteiger partial charge in [0.25, 0.3) is 0 Å². The second-order valence-corrected chi connectivity index (χ2v) is 4.75. The number of hydrogen-bond acceptors (Lipinski definition) is 2. The van der Waals surface area contributed by atoms with Crippen LogP contribution in [0.4, 0.5) is 0 Å². The van der Waals surface area contributed by atoms with E-state index in [4.69, 9.17) is 0 Å². The summed E-state index contributed by atoms with van der Waals surface area (Å²) in [6.07, 6.45) is 6.09. The van der Waals surface area contributed by atoms with Gasteiger partial charge in [-0.15, -0.1) is 0 Å². The van der Waals surface area contributed by atoms with Gasteiger partial charge in [-0.25, -0.2) is 0 Å². The summed E-state index contributed by atoms with van der Waals surface area (Å²) < 4.78 is 0. The highest BCUT2D eigenvalue weighted by Crippen LogP contribution is 2.29. The minimum atomic E-state index is 0.183. The van der Waals surface area contributed by atoms with Gasteiger partial charge in [-0.1, -0.05) is 34.6 Å². The highest BCUT2D eigenvalue weighted by atomic mass is 14.8. The van der Waals surface area contributed by atoms with Gasteiger partial charge in [0.1, 0.15) is 0 Å². The van der Waals surface area contributed by atoms with Crippen LogP contribution in [0.5, 0.6) is 0 Å². The fourth-order valence-corrected chi connectivity index (χ4v) is 1.56. The molecule has 84 valence electrons. The Morgan fingerprint density at radius 3 is 2.07 bits per heavy atom.